The van der Waals surface area contributed by atoms with Crippen molar-refractivity contribution in [1.29, 1.82) is 0 Å². The number of anilines is 2. The lowest BCUT2D eigenvalue weighted by Gasteiger charge is -2.01. The first kappa shape index (κ1) is 10.4. The van der Waals surface area contributed by atoms with E-state index in [0.29, 0.717) is 17.4 Å². The minimum atomic E-state index is -0.605. The van der Waals surface area contributed by atoms with Gasteiger partial charge in [0.15, 0.2) is 5.82 Å². The van der Waals surface area contributed by atoms with Crippen molar-refractivity contribution in [3.63, 3.8) is 0 Å². The SMILES string of the molecule is NC(=O)c1c(N)nsc1NCc1ncn[nH]1. The van der Waals surface area contributed by atoms with Crippen LogP contribution in [0.15, 0.2) is 6.33 Å². The highest BCUT2D eigenvalue weighted by molar-refractivity contribution is 7.11. The summed E-state index contributed by atoms with van der Waals surface area (Å²) in [6, 6.07) is 0. The van der Waals surface area contributed by atoms with E-state index in [1.807, 2.05) is 0 Å². The van der Waals surface area contributed by atoms with Crippen LogP contribution in [0.2, 0.25) is 0 Å². The smallest absolute Gasteiger partial charge is 0.255 e. The van der Waals surface area contributed by atoms with Crippen molar-refractivity contribution < 1.29 is 4.79 Å². The van der Waals surface area contributed by atoms with E-state index in [1.165, 1.54) is 6.33 Å². The molecule has 0 saturated carbocycles. The average Bonchev–Trinajstić information content (AvgIpc) is 2.83. The van der Waals surface area contributed by atoms with Crippen molar-refractivity contribution in [2.24, 2.45) is 5.73 Å². The number of aromatic nitrogens is 4. The van der Waals surface area contributed by atoms with Crippen LogP contribution >= 0.6 is 11.5 Å². The molecule has 2 rings (SSSR count). The van der Waals surface area contributed by atoms with E-state index in [2.05, 4.69) is 24.9 Å². The summed E-state index contributed by atoms with van der Waals surface area (Å²) >= 11 is 1.08. The molecule has 0 aliphatic carbocycles. The summed E-state index contributed by atoms with van der Waals surface area (Å²) in [6.07, 6.45) is 1.40. The zero-order valence-corrected chi connectivity index (χ0v) is 8.91. The van der Waals surface area contributed by atoms with Crippen LogP contribution in [0.3, 0.4) is 0 Å². The van der Waals surface area contributed by atoms with Gasteiger partial charge in [0.2, 0.25) is 0 Å². The number of H-pyrrole nitrogens is 1. The van der Waals surface area contributed by atoms with Gasteiger partial charge in [-0.05, 0) is 11.5 Å². The van der Waals surface area contributed by atoms with Crippen molar-refractivity contribution in [1.82, 2.24) is 19.6 Å². The second kappa shape index (κ2) is 4.14. The topological polar surface area (TPSA) is 136 Å². The Labute approximate surface area is 94.2 Å². The Balaban J connectivity index is 2.13. The first-order valence-corrected chi connectivity index (χ1v) is 5.09. The van der Waals surface area contributed by atoms with Gasteiger partial charge in [-0.25, -0.2) is 4.98 Å². The maximum absolute atomic E-state index is 11.1. The highest BCUT2D eigenvalue weighted by Crippen LogP contribution is 2.26. The predicted octanol–water partition coefficient (Wildman–Crippen LogP) is -0.446. The van der Waals surface area contributed by atoms with Gasteiger partial charge >= 0.3 is 0 Å². The van der Waals surface area contributed by atoms with Crippen LogP contribution in [0.1, 0.15) is 16.2 Å². The average molecular weight is 239 g/mol. The summed E-state index contributed by atoms with van der Waals surface area (Å²) in [6.45, 7) is 0.391. The molecule has 16 heavy (non-hydrogen) atoms. The molecule has 0 bridgehead atoms. The summed E-state index contributed by atoms with van der Waals surface area (Å²) in [5.74, 6) is 0.172. The number of carbonyl (C=O) groups is 1. The van der Waals surface area contributed by atoms with Crippen LogP contribution in [-0.4, -0.2) is 25.5 Å². The Morgan fingerprint density at radius 1 is 1.62 bits per heavy atom. The van der Waals surface area contributed by atoms with Crippen LogP contribution in [0.5, 0.6) is 0 Å². The van der Waals surface area contributed by atoms with Crippen molar-refractivity contribution in [2.45, 2.75) is 6.54 Å². The molecular formula is C7H9N7OS. The zero-order valence-electron chi connectivity index (χ0n) is 8.10. The monoisotopic (exact) mass is 239 g/mol. The fraction of sp³-hybridized carbons (Fsp3) is 0.143. The van der Waals surface area contributed by atoms with Crippen LogP contribution in [-0.2, 0) is 6.54 Å². The van der Waals surface area contributed by atoms with E-state index in [-0.39, 0.29) is 11.4 Å². The maximum Gasteiger partial charge on any atom is 0.255 e. The lowest BCUT2D eigenvalue weighted by atomic mass is 10.3. The molecule has 2 aromatic rings. The Hall–Kier alpha value is -2.16. The second-order valence-corrected chi connectivity index (χ2v) is 3.70. The predicted molar refractivity (Wildman–Crippen MR) is 58.8 cm³/mol. The molecule has 0 aliphatic heterocycles. The van der Waals surface area contributed by atoms with Gasteiger partial charge in [0.25, 0.3) is 5.91 Å². The van der Waals surface area contributed by atoms with E-state index in [9.17, 15) is 4.79 Å². The molecule has 0 atom stereocenters. The molecule has 1 amide bonds. The number of aromatic amines is 1. The normalized spacial score (nSPS) is 10.2. The lowest BCUT2D eigenvalue weighted by molar-refractivity contribution is 0.100. The Kier molecular flexibility index (Phi) is 2.68. The van der Waals surface area contributed by atoms with Crippen molar-refractivity contribution >= 4 is 28.3 Å². The van der Waals surface area contributed by atoms with Gasteiger partial charge in [-0.15, -0.1) is 0 Å². The molecule has 0 saturated heterocycles. The van der Waals surface area contributed by atoms with Gasteiger partial charge in [0.1, 0.15) is 22.7 Å². The highest BCUT2D eigenvalue weighted by Gasteiger charge is 2.16. The van der Waals surface area contributed by atoms with E-state index < -0.39 is 5.91 Å². The van der Waals surface area contributed by atoms with Gasteiger partial charge in [0, 0.05) is 0 Å². The molecule has 84 valence electrons. The summed E-state index contributed by atoms with van der Waals surface area (Å²) < 4.78 is 3.85. The minimum Gasteiger partial charge on any atom is -0.382 e. The number of primary amides is 1. The van der Waals surface area contributed by atoms with Gasteiger partial charge in [-0.3, -0.25) is 9.89 Å². The molecule has 6 N–H and O–H groups in total. The molecule has 2 aromatic heterocycles. The van der Waals surface area contributed by atoms with Crippen LogP contribution in [0.4, 0.5) is 10.8 Å². The van der Waals surface area contributed by atoms with Crippen LogP contribution in [0, 0.1) is 0 Å². The Morgan fingerprint density at radius 3 is 3.06 bits per heavy atom. The standard InChI is InChI=1S/C7H9N7OS/c8-5-4(6(9)15)7(16-14-5)10-1-3-11-2-12-13-3/h2,10H,1H2,(H2,8,14)(H2,9,15)(H,11,12,13). The van der Waals surface area contributed by atoms with Crippen LogP contribution in [0.25, 0.3) is 0 Å². The van der Waals surface area contributed by atoms with Crippen molar-refractivity contribution in [2.75, 3.05) is 11.1 Å². The van der Waals surface area contributed by atoms with E-state index >= 15 is 0 Å². The zero-order chi connectivity index (χ0) is 11.5. The quantitative estimate of drug-likeness (QED) is 0.570. The summed E-state index contributed by atoms with van der Waals surface area (Å²) in [4.78, 5) is 15.0. The number of nitrogens with zero attached hydrogens (tertiary/aromatic N) is 3. The first-order valence-electron chi connectivity index (χ1n) is 4.31. The number of nitrogens with two attached hydrogens (primary N) is 2. The molecule has 0 fully saturated rings. The third-order valence-electron chi connectivity index (χ3n) is 1.85. The van der Waals surface area contributed by atoms with Gasteiger partial charge in [-0.2, -0.15) is 9.47 Å². The van der Waals surface area contributed by atoms with Gasteiger partial charge in [0.05, 0.1) is 6.54 Å². The number of amides is 1. The number of hydrogen-bond donors (Lipinski definition) is 4. The number of hydrogen-bond acceptors (Lipinski definition) is 7. The number of carbonyl (C=O) groups excluding carboxylic acids is 1. The van der Waals surface area contributed by atoms with Gasteiger partial charge < -0.3 is 16.8 Å². The first-order chi connectivity index (χ1) is 7.68. The van der Waals surface area contributed by atoms with E-state index in [1.54, 1.807) is 0 Å². The largest absolute Gasteiger partial charge is 0.382 e. The summed E-state index contributed by atoms with van der Waals surface area (Å²) in [7, 11) is 0. The molecule has 9 heteroatoms. The maximum atomic E-state index is 11.1. The Morgan fingerprint density at radius 2 is 2.44 bits per heavy atom. The summed E-state index contributed by atoms with van der Waals surface area (Å²) in [5, 5.41) is 9.86. The van der Waals surface area contributed by atoms with E-state index in [4.69, 9.17) is 11.5 Å². The number of nitrogen functional groups attached to an aromatic ring is 1. The molecule has 0 unspecified atom stereocenters. The minimum absolute atomic E-state index is 0.137. The van der Waals surface area contributed by atoms with Crippen molar-refractivity contribution in [3.8, 4) is 0 Å². The van der Waals surface area contributed by atoms with Crippen LogP contribution < -0.4 is 16.8 Å². The number of nitrogens with one attached hydrogen (secondary N) is 2. The fourth-order valence-corrected chi connectivity index (χ4v) is 1.86. The molecule has 0 aromatic carbocycles. The lowest BCUT2D eigenvalue weighted by Crippen LogP contribution is -2.14. The second-order valence-electron chi connectivity index (χ2n) is 2.92. The molecular weight excluding hydrogens is 230 g/mol. The third kappa shape index (κ3) is 1.93. The molecule has 0 spiro atoms. The molecule has 0 radical (unpaired) electrons. The number of rotatable bonds is 4. The molecule has 0 aliphatic rings. The van der Waals surface area contributed by atoms with Crippen molar-refractivity contribution in [3.05, 3.63) is 17.7 Å². The Bertz CT molecular complexity index is 491. The summed E-state index contributed by atoms with van der Waals surface area (Å²) in [5.41, 5.74) is 10.9. The fourth-order valence-electron chi connectivity index (χ4n) is 1.14. The highest BCUT2D eigenvalue weighted by atomic mass is 32.1. The third-order valence-corrected chi connectivity index (χ3v) is 2.67. The molecule has 8 nitrogen and oxygen atoms in total. The van der Waals surface area contributed by atoms with Gasteiger partial charge in [-0.1, -0.05) is 0 Å². The molecule has 2 heterocycles. The van der Waals surface area contributed by atoms with E-state index in [0.717, 1.165) is 11.5 Å².